The number of anilines is 1. The van der Waals surface area contributed by atoms with E-state index < -0.39 is 6.04 Å². The van der Waals surface area contributed by atoms with Crippen molar-refractivity contribution < 1.29 is 4.79 Å². The van der Waals surface area contributed by atoms with Crippen LogP contribution < -0.4 is 10.9 Å². The maximum absolute atomic E-state index is 12.9. The number of carbonyl (C=O) groups is 1. The minimum Gasteiger partial charge on any atom is -0.324 e. The van der Waals surface area contributed by atoms with Crippen LogP contribution in [0.15, 0.2) is 29.1 Å². The zero-order chi connectivity index (χ0) is 19.0. The molecule has 3 aromatic rings. The Morgan fingerprint density at radius 1 is 1.31 bits per heavy atom. The minimum absolute atomic E-state index is 0.167. The molecular formula is C20H23N3O2S. The molecular weight excluding hydrogens is 346 g/mol. The number of nitrogens with one attached hydrogen (secondary N) is 1. The van der Waals surface area contributed by atoms with Crippen molar-refractivity contribution in [1.82, 2.24) is 9.55 Å². The van der Waals surface area contributed by atoms with E-state index in [1.807, 2.05) is 38.1 Å². The third-order valence-corrected chi connectivity index (χ3v) is 5.60. The van der Waals surface area contributed by atoms with Gasteiger partial charge in [-0.3, -0.25) is 14.2 Å². The van der Waals surface area contributed by atoms with Gasteiger partial charge in [-0.1, -0.05) is 25.1 Å². The van der Waals surface area contributed by atoms with E-state index >= 15 is 0 Å². The van der Waals surface area contributed by atoms with Crippen LogP contribution in [0.5, 0.6) is 0 Å². The molecule has 2 aromatic heterocycles. The number of aromatic nitrogens is 2. The summed E-state index contributed by atoms with van der Waals surface area (Å²) in [7, 11) is 0. The van der Waals surface area contributed by atoms with Crippen LogP contribution in [-0.4, -0.2) is 15.5 Å². The van der Waals surface area contributed by atoms with E-state index in [0.29, 0.717) is 11.2 Å². The van der Waals surface area contributed by atoms with Gasteiger partial charge in [-0.15, -0.1) is 11.3 Å². The third-order valence-electron chi connectivity index (χ3n) is 4.65. The lowest BCUT2D eigenvalue weighted by Crippen LogP contribution is -2.33. The fraction of sp³-hybridized carbons (Fsp3) is 0.350. The van der Waals surface area contributed by atoms with Gasteiger partial charge in [0.1, 0.15) is 16.7 Å². The average Bonchev–Trinajstić information content (AvgIpc) is 2.96. The molecule has 0 radical (unpaired) electrons. The molecule has 0 bridgehead atoms. The molecule has 0 saturated heterocycles. The molecule has 0 aliphatic carbocycles. The maximum atomic E-state index is 12.9. The Bertz CT molecular complexity index is 1050. The van der Waals surface area contributed by atoms with Crippen molar-refractivity contribution in [3.63, 3.8) is 0 Å². The summed E-state index contributed by atoms with van der Waals surface area (Å²) in [5.41, 5.74) is 2.76. The van der Waals surface area contributed by atoms with Gasteiger partial charge in [-0.2, -0.15) is 0 Å². The minimum atomic E-state index is -0.649. The van der Waals surface area contributed by atoms with Gasteiger partial charge < -0.3 is 5.32 Å². The molecule has 0 aliphatic rings. The largest absolute Gasteiger partial charge is 0.324 e. The number of amides is 1. The highest BCUT2D eigenvalue weighted by Gasteiger charge is 2.22. The second-order valence-corrected chi connectivity index (χ2v) is 7.77. The molecule has 1 atom stereocenters. The Balaban J connectivity index is 2.00. The summed E-state index contributed by atoms with van der Waals surface area (Å²) in [6, 6.07) is 7.15. The summed E-state index contributed by atoms with van der Waals surface area (Å²) in [6.45, 7) is 9.48. The molecule has 0 fully saturated rings. The first-order chi connectivity index (χ1) is 12.3. The Hall–Kier alpha value is -2.47. The SMILES string of the molecule is CCc1cccc(C)c1NC(=O)C(C)n1c(C)nc2sc(C)cc2c1=O. The van der Waals surface area contributed by atoms with Crippen LogP contribution in [-0.2, 0) is 11.2 Å². The summed E-state index contributed by atoms with van der Waals surface area (Å²) in [5.74, 6) is 0.333. The van der Waals surface area contributed by atoms with Crippen LogP contribution in [0, 0.1) is 20.8 Å². The fourth-order valence-electron chi connectivity index (χ4n) is 3.22. The lowest BCUT2D eigenvalue weighted by molar-refractivity contribution is -0.118. The molecule has 0 spiro atoms. The number of para-hydroxylation sites is 1. The quantitative estimate of drug-likeness (QED) is 0.751. The van der Waals surface area contributed by atoms with Crippen molar-refractivity contribution in [3.8, 4) is 0 Å². The van der Waals surface area contributed by atoms with E-state index in [1.165, 1.54) is 15.9 Å². The van der Waals surface area contributed by atoms with Gasteiger partial charge in [-0.25, -0.2) is 4.98 Å². The molecule has 1 unspecified atom stereocenters. The first kappa shape index (κ1) is 18.3. The van der Waals surface area contributed by atoms with Crippen LogP contribution in [0.4, 0.5) is 5.69 Å². The maximum Gasteiger partial charge on any atom is 0.263 e. The van der Waals surface area contributed by atoms with Crippen molar-refractivity contribution in [2.24, 2.45) is 0 Å². The van der Waals surface area contributed by atoms with Crippen molar-refractivity contribution in [2.45, 2.75) is 47.1 Å². The van der Waals surface area contributed by atoms with Crippen molar-refractivity contribution >= 4 is 33.1 Å². The van der Waals surface area contributed by atoms with E-state index in [-0.39, 0.29) is 11.5 Å². The van der Waals surface area contributed by atoms with Crippen LogP contribution in [0.25, 0.3) is 10.2 Å². The van der Waals surface area contributed by atoms with Gasteiger partial charge in [-0.05, 0) is 51.3 Å². The first-order valence-corrected chi connectivity index (χ1v) is 9.53. The predicted molar refractivity (Wildman–Crippen MR) is 107 cm³/mol. The topological polar surface area (TPSA) is 64.0 Å². The molecule has 2 heterocycles. The molecule has 136 valence electrons. The number of rotatable bonds is 4. The van der Waals surface area contributed by atoms with Gasteiger partial charge in [0.15, 0.2) is 0 Å². The number of carbonyl (C=O) groups excluding carboxylic acids is 1. The average molecular weight is 369 g/mol. The number of benzene rings is 1. The Morgan fingerprint density at radius 3 is 2.73 bits per heavy atom. The zero-order valence-corrected chi connectivity index (χ0v) is 16.5. The third kappa shape index (κ3) is 3.17. The van der Waals surface area contributed by atoms with E-state index in [1.54, 1.807) is 13.8 Å². The predicted octanol–water partition coefficient (Wildman–Crippen LogP) is 4.15. The molecule has 5 nitrogen and oxygen atoms in total. The Labute approximate surface area is 156 Å². The van der Waals surface area contributed by atoms with E-state index in [2.05, 4.69) is 17.2 Å². The number of thiophene rings is 1. The second-order valence-electron chi connectivity index (χ2n) is 6.54. The lowest BCUT2D eigenvalue weighted by Gasteiger charge is -2.19. The molecule has 26 heavy (non-hydrogen) atoms. The van der Waals surface area contributed by atoms with Gasteiger partial charge in [0.05, 0.1) is 5.39 Å². The highest BCUT2D eigenvalue weighted by molar-refractivity contribution is 7.18. The zero-order valence-electron chi connectivity index (χ0n) is 15.7. The molecule has 3 rings (SSSR count). The Kier molecular flexibility index (Phi) is 4.96. The molecule has 0 aliphatic heterocycles. The van der Waals surface area contributed by atoms with E-state index in [9.17, 15) is 9.59 Å². The normalized spacial score (nSPS) is 12.3. The van der Waals surface area contributed by atoms with Gasteiger partial charge in [0, 0.05) is 10.6 Å². The summed E-state index contributed by atoms with van der Waals surface area (Å²) in [5, 5.41) is 3.58. The Morgan fingerprint density at radius 2 is 2.04 bits per heavy atom. The molecule has 1 amide bonds. The van der Waals surface area contributed by atoms with Gasteiger partial charge in [0.25, 0.3) is 5.56 Å². The summed E-state index contributed by atoms with van der Waals surface area (Å²) in [6.07, 6.45) is 0.826. The number of hydrogen-bond donors (Lipinski definition) is 1. The van der Waals surface area contributed by atoms with Crippen LogP contribution in [0.3, 0.4) is 0 Å². The summed E-state index contributed by atoms with van der Waals surface area (Å²) in [4.78, 5) is 32.1. The molecule has 6 heteroatoms. The van der Waals surface area contributed by atoms with Crippen molar-refractivity contribution in [3.05, 3.63) is 56.4 Å². The standard InChI is InChI=1S/C20H23N3O2S/c1-6-15-9-7-8-11(2)17(15)22-18(24)13(4)23-14(5)21-19-16(20(23)25)10-12(3)26-19/h7-10,13H,6H2,1-5H3,(H,22,24). The van der Waals surface area contributed by atoms with Crippen LogP contribution in [0.2, 0.25) is 0 Å². The summed E-state index contributed by atoms with van der Waals surface area (Å²) >= 11 is 1.49. The summed E-state index contributed by atoms with van der Waals surface area (Å²) < 4.78 is 1.48. The number of aryl methyl sites for hydroxylation is 4. The first-order valence-electron chi connectivity index (χ1n) is 8.72. The van der Waals surface area contributed by atoms with Crippen molar-refractivity contribution in [1.29, 1.82) is 0 Å². The number of fused-ring (bicyclic) bond motifs is 1. The van der Waals surface area contributed by atoms with Crippen LogP contribution in [0.1, 0.15) is 41.7 Å². The molecule has 1 aromatic carbocycles. The van der Waals surface area contributed by atoms with Crippen LogP contribution >= 0.6 is 11.3 Å². The monoisotopic (exact) mass is 369 g/mol. The van der Waals surface area contributed by atoms with E-state index in [0.717, 1.165) is 32.9 Å². The highest BCUT2D eigenvalue weighted by atomic mass is 32.1. The highest BCUT2D eigenvalue weighted by Crippen LogP contribution is 2.24. The second kappa shape index (κ2) is 7.03. The fourth-order valence-corrected chi connectivity index (χ4v) is 4.13. The smallest absolute Gasteiger partial charge is 0.263 e. The van der Waals surface area contributed by atoms with Gasteiger partial charge >= 0.3 is 0 Å². The molecule has 1 N–H and O–H groups in total. The van der Waals surface area contributed by atoms with Gasteiger partial charge in [0.2, 0.25) is 5.91 Å². The van der Waals surface area contributed by atoms with E-state index in [4.69, 9.17) is 0 Å². The lowest BCUT2D eigenvalue weighted by atomic mass is 10.1. The molecule has 0 saturated carbocycles. The number of nitrogens with zero attached hydrogens (tertiary/aromatic N) is 2. The van der Waals surface area contributed by atoms with Crippen molar-refractivity contribution in [2.75, 3.05) is 5.32 Å². The number of hydrogen-bond acceptors (Lipinski definition) is 4.